The molecule has 1 aliphatic heterocycles. The zero-order valence-electron chi connectivity index (χ0n) is 14.7. The van der Waals surface area contributed by atoms with Crippen molar-refractivity contribution in [1.82, 2.24) is 10.3 Å². The SMILES string of the molecule is CCCNCCC1c2cc(C)c(C)cc2C(=O)N1c1cccnc1. The molecular formula is C20H25N3O. The third kappa shape index (κ3) is 3.06. The molecule has 1 N–H and O–H groups in total. The lowest BCUT2D eigenvalue weighted by molar-refractivity contribution is 0.0990. The van der Waals surface area contributed by atoms with Gasteiger partial charge in [0.1, 0.15) is 0 Å². The highest BCUT2D eigenvalue weighted by Crippen LogP contribution is 2.40. The number of aromatic nitrogens is 1. The smallest absolute Gasteiger partial charge is 0.259 e. The third-order valence-corrected chi connectivity index (χ3v) is 4.73. The van der Waals surface area contributed by atoms with Crippen molar-refractivity contribution >= 4 is 11.6 Å². The van der Waals surface area contributed by atoms with E-state index in [0.29, 0.717) is 0 Å². The molecule has 3 rings (SSSR count). The Hall–Kier alpha value is -2.20. The lowest BCUT2D eigenvalue weighted by Crippen LogP contribution is -2.30. The molecule has 0 spiro atoms. The van der Waals surface area contributed by atoms with Gasteiger partial charge in [0.2, 0.25) is 0 Å². The van der Waals surface area contributed by atoms with Crippen LogP contribution < -0.4 is 10.2 Å². The summed E-state index contributed by atoms with van der Waals surface area (Å²) < 4.78 is 0. The lowest BCUT2D eigenvalue weighted by atomic mass is 9.96. The molecule has 1 aromatic heterocycles. The molecule has 1 amide bonds. The van der Waals surface area contributed by atoms with Crippen molar-refractivity contribution < 1.29 is 4.79 Å². The van der Waals surface area contributed by atoms with Crippen LogP contribution in [0.1, 0.15) is 52.9 Å². The number of anilines is 1. The molecule has 1 aliphatic rings. The highest BCUT2D eigenvalue weighted by molar-refractivity contribution is 6.11. The first kappa shape index (κ1) is 16.7. The van der Waals surface area contributed by atoms with Crippen LogP contribution in [0.2, 0.25) is 0 Å². The molecule has 1 aromatic carbocycles. The van der Waals surface area contributed by atoms with Crippen LogP contribution in [0, 0.1) is 13.8 Å². The molecule has 0 bridgehead atoms. The van der Waals surface area contributed by atoms with Crippen LogP contribution in [0.4, 0.5) is 5.69 Å². The second kappa shape index (κ2) is 7.14. The third-order valence-electron chi connectivity index (χ3n) is 4.73. The monoisotopic (exact) mass is 323 g/mol. The number of nitrogens with one attached hydrogen (secondary N) is 1. The highest BCUT2D eigenvalue weighted by Gasteiger charge is 2.37. The molecule has 0 fully saturated rings. The Morgan fingerprint density at radius 1 is 1.21 bits per heavy atom. The Bertz CT molecular complexity index is 727. The van der Waals surface area contributed by atoms with Gasteiger partial charge in [-0.2, -0.15) is 0 Å². The minimum atomic E-state index is 0.0698. The molecule has 0 saturated heterocycles. The molecule has 4 heteroatoms. The Morgan fingerprint density at radius 2 is 2.00 bits per heavy atom. The van der Waals surface area contributed by atoms with Crippen LogP contribution in [0.15, 0.2) is 36.7 Å². The number of carbonyl (C=O) groups excluding carboxylic acids is 1. The molecule has 2 aromatic rings. The first-order valence-corrected chi connectivity index (χ1v) is 8.69. The summed E-state index contributed by atoms with van der Waals surface area (Å²) in [6, 6.07) is 8.14. The number of benzene rings is 1. The molecule has 1 unspecified atom stereocenters. The van der Waals surface area contributed by atoms with E-state index in [1.54, 1.807) is 12.4 Å². The number of rotatable bonds is 6. The van der Waals surface area contributed by atoms with Crippen molar-refractivity contribution in [2.45, 2.75) is 39.7 Å². The second-order valence-corrected chi connectivity index (χ2v) is 6.46. The van der Waals surface area contributed by atoms with Gasteiger partial charge in [-0.15, -0.1) is 0 Å². The van der Waals surface area contributed by atoms with Gasteiger partial charge in [0.15, 0.2) is 0 Å². The summed E-state index contributed by atoms with van der Waals surface area (Å²) in [6.07, 6.45) is 5.53. The molecule has 0 saturated carbocycles. The molecule has 2 heterocycles. The lowest BCUT2D eigenvalue weighted by Gasteiger charge is -2.25. The van der Waals surface area contributed by atoms with Crippen LogP contribution >= 0.6 is 0 Å². The molecule has 1 atom stereocenters. The zero-order chi connectivity index (χ0) is 17.1. The van der Waals surface area contributed by atoms with Gasteiger partial charge in [-0.3, -0.25) is 14.7 Å². The number of hydrogen-bond donors (Lipinski definition) is 1. The minimum Gasteiger partial charge on any atom is -0.317 e. The maximum absolute atomic E-state index is 13.0. The highest BCUT2D eigenvalue weighted by atomic mass is 16.2. The predicted octanol–water partition coefficient (Wildman–Crippen LogP) is 3.79. The van der Waals surface area contributed by atoms with Crippen molar-refractivity contribution in [2.75, 3.05) is 18.0 Å². The molecule has 24 heavy (non-hydrogen) atoms. The van der Waals surface area contributed by atoms with Crippen molar-refractivity contribution in [1.29, 1.82) is 0 Å². The van der Waals surface area contributed by atoms with Gasteiger partial charge in [-0.05, 0) is 74.7 Å². The summed E-state index contributed by atoms with van der Waals surface area (Å²) in [5.74, 6) is 0.0848. The maximum Gasteiger partial charge on any atom is 0.259 e. The summed E-state index contributed by atoms with van der Waals surface area (Å²) >= 11 is 0. The Labute approximate surface area is 143 Å². The number of nitrogens with zero attached hydrogens (tertiary/aromatic N) is 2. The van der Waals surface area contributed by atoms with Crippen LogP contribution in [0.3, 0.4) is 0 Å². The summed E-state index contributed by atoms with van der Waals surface area (Å²) in [5.41, 5.74) is 5.25. The van der Waals surface area contributed by atoms with Crippen molar-refractivity contribution in [3.05, 3.63) is 58.9 Å². The minimum absolute atomic E-state index is 0.0698. The van der Waals surface area contributed by atoms with E-state index in [4.69, 9.17) is 0 Å². The summed E-state index contributed by atoms with van der Waals surface area (Å²) in [7, 11) is 0. The van der Waals surface area contributed by atoms with Gasteiger partial charge in [-0.1, -0.05) is 13.0 Å². The number of pyridine rings is 1. The average Bonchev–Trinajstić information content (AvgIpc) is 2.85. The van der Waals surface area contributed by atoms with Gasteiger partial charge in [-0.25, -0.2) is 0 Å². The number of aryl methyl sites for hydroxylation is 2. The molecule has 0 aliphatic carbocycles. The van der Waals surface area contributed by atoms with E-state index < -0.39 is 0 Å². The van der Waals surface area contributed by atoms with Gasteiger partial charge >= 0.3 is 0 Å². The van der Waals surface area contributed by atoms with Crippen LogP contribution in [0.25, 0.3) is 0 Å². The Kier molecular flexibility index (Phi) is 4.95. The van der Waals surface area contributed by atoms with E-state index in [-0.39, 0.29) is 11.9 Å². The number of carbonyl (C=O) groups is 1. The van der Waals surface area contributed by atoms with Crippen LogP contribution in [-0.4, -0.2) is 24.0 Å². The van der Waals surface area contributed by atoms with Gasteiger partial charge in [0.25, 0.3) is 5.91 Å². The fourth-order valence-corrected chi connectivity index (χ4v) is 3.33. The number of amides is 1. The summed E-state index contributed by atoms with van der Waals surface area (Å²) in [5, 5.41) is 3.45. The fourth-order valence-electron chi connectivity index (χ4n) is 3.33. The van der Waals surface area contributed by atoms with Crippen molar-refractivity contribution in [3.63, 3.8) is 0 Å². The van der Waals surface area contributed by atoms with Crippen molar-refractivity contribution in [3.8, 4) is 0 Å². The van der Waals surface area contributed by atoms with E-state index in [2.05, 4.69) is 37.1 Å². The van der Waals surface area contributed by atoms with Crippen molar-refractivity contribution in [2.24, 2.45) is 0 Å². The maximum atomic E-state index is 13.0. The first-order valence-electron chi connectivity index (χ1n) is 8.69. The predicted molar refractivity (Wildman–Crippen MR) is 97.5 cm³/mol. The summed E-state index contributed by atoms with van der Waals surface area (Å²) in [6.45, 7) is 8.24. The van der Waals surface area contributed by atoms with E-state index in [0.717, 1.165) is 48.3 Å². The molecular weight excluding hydrogens is 298 g/mol. The number of hydrogen-bond acceptors (Lipinski definition) is 3. The Morgan fingerprint density at radius 3 is 2.71 bits per heavy atom. The van der Waals surface area contributed by atoms with E-state index in [9.17, 15) is 4.79 Å². The largest absolute Gasteiger partial charge is 0.317 e. The van der Waals surface area contributed by atoms with Gasteiger partial charge < -0.3 is 5.32 Å². The molecule has 0 radical (unpaired) electrons. The van der Waals surface area contributed by atoms with Gasteiger partial charge in [0, 0.05) is 11.8 Å². The van der Waals surface area contributed by atoms with Crippen LogP contribution in [0.5, 0.6) is 0 Å². The summed E-state index contributed by atoms with van der Waals surface area (Å²) in [4.78, 5) is 19.1. The average molecular weight is 323 g/mol. The fraction of sp³-hybridized carbons (Fsp3) is 0.400. The molecule has 4 nitrogen and oxygen atoms in total. The van der Waals surface area contributed by atoms with E-state index in [1.807, 2.05) is 23.1 Å². The Balaban J connectivity index is 1.96. The van der Waals surface area contributed by atoms with E-state index in [1.165, 1.54) is 5.56 Å². The topological polar surface area (TPSA) is 45.2 Å². The first-order chi connectivity index (χ1) is 11.6. The normalized spacial score (nSPS) is 16.5. The number of fused-ring (bicyclic) bond motifs is 1. The standard InChI is InChI=1S/C20H25N3O/c1-4-8-21-10-7-19-17-11-14(2)15(3)12-18(17)20(24)23(19)16-6-5-9-22-13-16/h5-6,9,11-13,19,21H,4,7-8,10H2,1-3H3. The quantitative estimate of drug-likeness (QED) is 0.823. The second-order valence-electron chi connectivity index (χ2n) is 6.46. The zero-order valence-corrected chi connectivity index (χ0v) is 14.7. The van der Waals surface area contributed by atoms with Gasteiger partial charge in [0.05, 0.1) is 17.9 Å². The van der Waals surface area contributed by atoms with Crippen LogP contribution in [-0.2, 0) is 0 Å². The molecule has 126 valence electrons. The van der Waals surface area contributed by atoms with E-state index >= 15 is 0 Å².